The van der Waals surface area contributed by atoms with E-state index < -0.39 is 6.10 Å². The van der Waals surface area contributed by atoms with Crippen LogP contribution in [-0.2, 0) is 6.42 Å². The Hall–Kier alpha value is -1.91. The van der Waals surface area contributed by atoms with E-state index in [9.17, 15) is 10.3 Å². The van der Waals surface area contributed by atoms with Gasteiger partial charge in [-0.05, 0) is 81.1 Å². The first-order chi connectivity index (χ1) is 13.1. The summed E-state index contributed by atoms with van der Waals surface area (Å²) in [6.45, 7) is 5.50. The summed E-state index contributed by atoms with van der Waals surface area (Å²) < 4.78 is 0.857. The van der Waals surface area contributed by atoms with Crippen LogP contribution in [-0.4, -0.2) is 29.6 Å². The van der Waals surface area contributed by atoms with Crippen molar-refractivity contribution >= 4 is 0 Å². The van der Waals surface area contributed by atoms with Crippen molar-refractivity contribution in [2.45, 2.75) is 51.0 Å². The van der Waals surface area contributed by atoms with Crippen molar-refractivity contribution in [1.29, 1.82) is 0 Å². The largest absolute Gasteiger partial charge is 0.618 e. The van der Waals surface area contributed by atoms with E-state index >= 15 is 0 Å². The number of aliphatic hydroxyl groups excluding tert-OH is 1. The molecule has 1 saturated heterocycles. The van der Waals surface area contributed by atoms with Gasteiger partial charge in [0.2, 0.25) is 5.69 Å². The first kappa shape index (κ1) is 18.5. The van der Waals surface area contributed by atoms with Crippen molar-refractivity contribution in [3.05, 3.63) is 70.2 Å². The molecule has 1 aromatic heterocycles. The number of pyridine rings is 1. The number of piperidine rings is 1. The molecule has 4 rings (SSSR count). The standard InChI is InChI=1S/C23H30N2O2/c1-17-5-2-3-7-21(17)19-10-13-24(14-11-19)16-18-8-9-20-6-4-12-25(27)23(20)22(26)15-18/h2-7,12,18-19,22,26H,8-11,13-16H2,1H3/t18-,22+/m1/s1. The molecular weight excluding hydrogens is 336 g/mol. The highest BCUT2D eigenvalue weighted by molar-refractivity contribution is 5.29. The molecule has 4 nitrogen and oxygen atoms in total. The molecule has 2 heterocycles. The summed E-state index contributed by atoms with van der Waals surface area (Å²) >= 11 is 0. The molecule has 2 atom stereocenters. The highest BCUT2D eigenvalue weighted by Gasteiger charge is 2.31. The van der Waals surface area contributed by atoms with Crippen LogP contribution in [0.4, 0.5) is 0 Å². The van der Waals surface area contributed by atoms with E-state index in [0.29, 0.717) is 24.0 Å². The lowest BCUT2D eigenvalue weighted by atomic mass is 9.86. The quantitative estimate of drug-likeness (QED) is 0.514. The van der Waals surface area contributed by atoms with Gasteiger partial charge in [-0.2, -0.15) is 4.73 Å². The molecule has 1 fully saturated rings. The number of nitrogens with zero attached hydrogens (tertiary/aromatic N) is 2. The summed E-state index contributed by atoms with van der Waals surface area (Å²) in [5, 5.41) is 22.7. The molecule has 0 unspecified atom stereocenters. The number of aryl methyl sites for hydroxylation is 2. The Kier molecular flexibility index (Phi) is 5.46. The molecule has 27 heavy (non-hydrogen) atoms. The monoisotopic (exact) mass is 366 g/mol. The smallest absolute Gasteiger partial charge is 0.224 e. The molecule has 0 spiro atoms. The van der Waals surface area contributed by atoms with Crippen LogP contribution in [0.5, 0.6) is 0 Å². The van der Waals surface area contributed by atoms with Gasteiger partial charge in [-0.15, -0.1) is 0 Å². The van der Waals surface area contributed by atoms with Gasteiger partial charge >= 0.3 is 0 Å². The number of benzene rings is 1. The van der Waals surface area contributed by atoms with Crippen LogP contribution in [0.15, 0.2) is 42.6 Å². The van der Waals surface area contributed by atoms with Gasteiger partial charge in [0.1, 0.15) is 6.10 Å². The molecule has 0 saturated carbocycles. The lowest BCUT2D eigenvalue weighted by Gasteiger charge is -2.35. The Labute approximate surface area is 162 Å². The number of hydrogen-bond acceptors (Lipinski definition) is 3. The maximum Gasteiger partial charge on any atom is 0.224 e. The van der Waals surface area contributed by atoms with Crippen LogP contribution in [0.25, 0.3) is 0 Å². The summed E-state index contributed by atoms with van der Waals surface area (Å²) in [5.74, 6) is 1.12. The molecule has 1 aliphatic heterocycles. The molecule has 1 aromatic carbocycles. The molecule has 1 N–H and O–H groups in total. The van der Waals surface area contributed by atoms with Gasteiger partial charge in [-0.1, -0.05) is 24.3 Å². The van der Waals surface area contributed by atoms with Crippen molar-refractivity contribution in [3.63, 3.8) is 0 Å². The zero-order chi connectivity index (χ0) is 18.8. The van der Waals surface area contributed by atoms with Crippen molar-refractivity contribution in [2.75, 3.05) is 19.6 Å². The highest BCUT2D eigenvalue weighted by atomic mass is 16.5. The predicted molar refractivity (Wildman–Crippen MR) is 106 cm³/mol. The van der Waals surface area contributed by atoms with E-state index in [2.05, 4.69) is 36.1 Å². The molecule has 2 aliphatic rings. The number of rotatable bonds is 3. The van der Waals surface area contributed by atoms with Gasteiger partial charge in [0, 0.05) is 18.2 Å². The molecular formula is C23H30N2O2. The number of aromatic nitrogens is 1. The van der Waals surface area contributed by atoms with E-state index in [1.807, 2.05) is 6.07 Å². The molecule has 0 bridgehead atoms. The van der Waals surface area contributed by atoms with Gasteiger partial charge < -0.3 is 15.2 Å². The third-order valence-corrected chi connectivity index (χ3v) is 6.51. The normalized spacial score (nSPS) is 24.4. The Morgan fingerprint density at radius 2 is 1.89 bits per heavy atom. The van der Waals surface area contributed by atoms with Gasteiger partial charge in [0.25, 0.3) is 0 Å². The number of fused-ring (bicyclic) bond motifs is 1. The molecule has 144 valence electrons. The van der Waals surface area contributed by atoms with Crippen LogP contribution in [0.1, 0.15) is 60.1 Å². The molecule has 4 heteroatoms. The fourth-order valence-electron chi connectivity index (χ4n) is 5.02. The van der Waals surface area contributed by atoms with Gasteiger partial charge in [-0.25, -0.2) is 0 Å². The predicted octanol–water partition coefficient (Wildman–Crippen LogP) is 3.49. The van der Waals surface area contributed by atoms with Crippen molar-refractivity contribution in [3.8, 4) is 0 Å². The SMILES string of the molecule is Cc1ccccc1C1CCN(C[C@@H]2CCc3ccc[n+]([O-])c3[C@@H](O)C2)CC1. The zero-order valence-corrected chi connectivity index (χ0v) is 16.2. The van der Waals surface area contributed by atoms with Crippen molar-refractivity contribution < 1.29 is 9.84 Å². The van der Waals surface area contributed by atoms with Crippen molar-refractivity contribution in [2.24, 2.45) is 5.92 Å². The molecule has 1 aliphatic carbocycles. The van der Waals surface area contributed by atoms with Gasteiger partial charge in [-0.3, -0.25) is 0 Å². The molecule has 2 aromatic rings. The highest BCUT2D eigenvalue weighted by Crippen LogP contribution is 2.33. The van der Waals surface area contributed by atoms with E-state index in [0.717, 1.165) is 42.8 Å². The van der Waals surface area contributed by atoms with Crippen molar-refractivity contribution in [1.82, 2.24) is 4.90 Å². The van der Waals surface area contributed by atoms with Crippen LogP contribution in [0.3, 0.4) is 0 Å². The fraction of sp³-hybridized carbons (Fsp3) is 0.522. The second kappa shape index (κ2) is 7.99. The fourth-order valence-corrected chi connectivity index (χ4v) is 5.02. The number of aliphatic hydroxyl groups is 1. The topological polar surface area (TPSA) is 50.4 Å². The minimum Gasteiger partial charge on any atom is -0.618 e. The lowest BCUT2D eigenvalue weighted by Crippen LogP contribution is -2.37. The molecule has 0 amide bonds. The first-order valence-corrected chi connectivity index (χ1v) is 10.3. The second-order valence-electron chi connectivity index (χ2n) is 8.33. The zero-order valence-electron chi connectivity index (χ0n) is 16.2. The Morgan fingerprint density at radius 3 is 2.67 bits per heavy atom. The third-order valence-electron chi connectivity index (χ3n) is 6.51. The van der Waals surface area contributed by atoms with Crippen LogP contribution in [0.2, 0.25) is 0 Å². The number of hydrogen-bond donors (Lipinski definition) is 1. The Morgan fingerprint density at radius 1 is 1.11 bits per heavy atom. The summed E-state index contributed by atoms with van der Waals surface area (Å²) in [6, 6.07) is 12.6. The minimum absolute atomic E-state index is 0.447. The van der Waals surface area contributed by atoms with Crippen LogP contribution < -0.4 is 4.73 Å². The first-order valence-electron chi connectivity index (χ1n) is 10.3. The average Bonchev–Trinajstić information content (AvgIpc) is 2.82. The maximum absolute atomic E-state index is 12.1. The second-order valence-corrected chi connectivity index (χ2v) is 8.33. The summed E-state index contributed by atoms with van der Waals surface area (Å²) in [5.41, 5.74) is 4.50. The van der Waals surface area contributed by atoms with E-state index in [1.54, 1.807) is 6.07 Å². The average molecular weight is 367 g/mol. The lowest BCUT2D eigenvalue weighted by molar-refractivity contribution is -0.619. The van der Waals surface area contributed by atoms with E-state index in [1.165, 1.54) is 30.2 Å². The number of likely N-dealkylation sites (tertiary alicyclic amines) is 1. The van der Waals surface area contributed by atoms with Crippen LogP contribution in [0, 0.1) is 18.0 Å². The van der Waals surface area contributed by atoms with Crippen LogP contribution >= 0.6 is 0 Å². The Balaban J connectivity index is 1.35. The summed E-state index contributed by atoms with van der Waals surface area (Å²) in [6.07, 6.45) is 5.90. The summed E-state index contributed by atoms with van der Waals surface area (Å²) in [7, 11) is 0. The maximum atomic E-state index is 12.1. The minimum atomic E-state index is -0.643. The van der Waals surface area contributed by atoms with E-state index in [4.69, 9.17) is 0 Å². The molecule has 0 radical (unpaired) electrons. The van der Waals surface area contributed by atoms with Gasteiger partial charge in [0.05, 0.1) is 0 Å². The van der Waals surface area contributed by atoms with E-state index in [-0.39, 0.29) is 0 Å². The Bertz CT molecular complexity index is 784. The third kappa shape index (κ3) is 4.02. The van der Waals surface area contributed by atoms with Gasteiger partial charge in [0.15, 0.2) is 6.20 Å². The summed E-state index contributed by atoms with van der Waals surface area (Å²) in [4.78, 5) is 2.56.